The molecule has 1 fully saturated rings. The van der Waals surface area contributed by atoms with Crippen molar-refractivity contribution in [2.75, 3.05) is 13.7 Å². The van der Waals surface area contributed by atoms with Gasteiger partial charge in [-0.1, -0.05) is 25.0 Å². The van der Waals surface area contributed by atoms with Crippen LogP contribution in [0.1, 0.15) is 90.5 Å². The zero-order valence-electron chi connectivity index (χ0n) is 26.4. The van der Waals surface area contributed by atoms with Gasteiger partial charge >= 0.3 is 6.09 Å². The number of unbranched alkanes of at least 4 members (excludes halogenated alkanes) is 2. The van der Waals surface area contributed by atoms with Crippen LogP contribution in [-0.4, -0.2) is 36.9 Å². The fourth-order valence-corrected chi connectivity index (χ4v) is 6.06. The molecule has 1 saturated carbocycles. The predicted molar refractivity (Wildman–Crippen MR) is 169 cm³/mol. The zero-order valence-corrected chi connectivity index (χ0v) is 26.4. The van der Waals surface area contributed by atoms with Crippen LogP contribution >= 0.6 is 0 Å². The van der Waals surface area contributed by atoms with E-state index in [0.717, 1.165) is 66.5 Å². The van der Waals surface area contributed by atoms with Crippen LogP contribution in [0.2, 0.25) is 0 Å². The van der Waals surface area contributed by atoms with Crippen LogP contribution in [0.3, 0.4) is 0 Å². The zero-order chi connectivity index (χ0) is 31.2. The highest BCUT2D eigenvalue weighted by Gasteiger charge is 2.37. The number of carbonyl (C=O) groups is 2. The molecule has 1 aliphatic carbocycles. The number of fused-ring (bicyclic) bond motifs is 2. The van der Waals surface area contributed by atoms with Crippen LogP contribution in [-0.2, 0) is 16.0 Å². The molecule has 1 aromatic heterocycles. The minimum atomic E-state index is -0.524. The Morgan fingerprint density at radius 1 is 0.977 bits per heavy atom. The molecule has 2 N–H and O–H groups in total. The van der Waals surface area contributed by atoms with E-state index in [4.69, 9.17) is 18.6 Å². The van der Waals surface area contributed by atoms with E-state index in [1.165, 1.54) is 24.8 Å². The van der Waals surface area contributed by atoms with E-state index >= 15 is 0 Å². The number of hydrogen-bond acceptors (Lipinski definition) is 7. The molecule has 2 amide bonds. The third kappa shape index (κ3) is 8.12. The number of alkyl carbamates (subject to hydrolysis) is 1. The minimum Gasteiger partial charge on any atom is -0.497 e. The highest BCUT2D eigenvalue weighted by atomic mass is 16.6. The van der Waals surface area contributed by atoms with Gasteiger partial charge in [-0.25, -0.2) is 10.2 Å². The van der Waals surface area contributed by atoms with Crippen molar-refractivity contribution in [1.29, 1.82) is 0 Å². The number of hydrogen-bond donors (Lipinski definition) is 2. The van der Waals surface area contributed by atoms with Gasteiger partial charge in [-0.3, -0.25) is 4.79 Å². The maximum Gasteiger partial charge on any atom is 0.407 e. The third-order valence-electron chi connectivity index (χ3n) is 8.32. The molecule has 0 radical (unpaired) electrons. The van der Waals surface area contributed by atoms with Gasteiger partial charge in [-0.2, -0.15) is 0 Å². The lowest BCUT2D eigenvalue weighted by Gasteiger charge is -2.41. The fraction of sp³-hybridized carbons (Fsp3) is 0.514. The van der Waals surface area contributed by atoms with E-state index in [0.29, 0.717) is 30.5 Å². The summed E-state index contributed by atoms with van der Waals surface area (Å²) in [5.74, 6) is 1.47. The van der Waals surface area contributed by atoms with Crippen LogP contribution in [0.25, 0.3) is 22.1 Å². The lowest BCUT2D eigenvalue weighted by molar-refractivity contribution is -0.121. The number of amides is 2. The lowest BCUT2D eigenvalue weighted by Crippen LogP contribution is -2.41. The monoisotopic (exact) mass is 603 g/mol. The van der Waals surface area contributed by atoms with Gasteiger partial charge in [0.25, 0.3) is 0 Å². The molecule has 5 rings (SSSR count). The highest BCUT2D eigenvalue weighted by molar-refractivity contribution is 5.94. The van der Waals surface area contributed by atoms with Crippen molar-refractivity contribution in [3.8, 4) is 22.6 Å². The Bertz CT molecular complexity index is 1530. The molecule has 0 unspecified atom stereocenters. The topological polar surface area (TPSA) is 111 Å². The number of carbonyl (C=O) groups excluding carboxylic acids is 2. The Morgan fingerprint density at radius 3 is 2.48 bits per heavy atom. The van der Waals surface area contributed by atoms with Gasteiger partial charge in [0.2, 0.25) is 11.5 Å². The molecular formula is C35H45N3O6. The molecule has 236 valence electrons. The SMILES string of the molecule is COc1ccc(-c2c/c(=N/NC(=O)CCCCCNC(=O)OC(C)(C)C)oc3cc4c(cc23)CCC2(CCCCC2)O4)cc1. The van der Waals surface area contributed by atoms with Crippen molar-refractivity contribution >= 4 is 23.0 Å². The molecule has 0 atom stereocenters. The molecule has 0 bridgehead atoms. The summed E-state index contributed by atoms with van der Waals surface area (Å²) < 4.78 is 23.5. The van der Waals surface area contributed by atoms with E-state index in [9.17, 15) is 9.59 Å². The van der Waals surface area contributed by atoms with E-state index in [1.807, 2.05) is 57.2 Å². The van der Waals surface area contributed by atoms with Gasteiger partial charge in [0.05, 0.1) is 7.11 Å². The Balaban J connectivity index is 1.29. The van der Waals surface area contributed by atoms with Crippen LogP contribution in [0, 0.1) is 0 Å². The van der Waals surface area contributed by atoms with Crippen LogP contribution in [0.15, 0.2) is 52.0 Å². The van der Waals surface area contributed by atoms with E-state index < -0.39 is 11.7 Å². The Kier molecular flexibility index (Phi) is 9.81. The first-order valence-electron chi connectivity index (χ1n) is 15.9. The van der Waals surface area contributed by atoms with Gasteiger partial charge in [-0.15, -0.1) is 5.10 Å². The van der Waals surface area contributed by atoms with Crippen LogP contribution in [0.5, 0.6) is 11.5 Å². The number of benzene rings is 2. The second kappa shape index (κ2) is 13.7. The summed E-state index contributed by atoms with van der Waals surface area (Å²) in [6.45, 7) is 5.98. The molecule has 9 heteroatoms. The Morgan fingerprint density at radius 2 is 1.75 bits per heavy atom. The largest absolute Gasteiger partial charge is 0.497 e. The first-order valence-corrected chi connectivity index (χ1v) is 15.9. The molecule has 2 aliphatic rings. The normalized spacial score (nSPS) is 16.2. The summed E-state index contributed by atoms with van der Waals surface area (Å²) in [7, 11) is 1.65. The molecule has 9 nitrogen and oxygen atoms in total. The second-order valence-electron chi connectivity index (χ2n) is 12.9. The van der Waals surface area contributed by atoms with Gasteiger partial charge < -0.3 is 23.9 Å². The van der Waals surface area contributed by atoms with E-state index in [2.05, 4.69) is 21.9 Å². The lowest BCUT2D eigenvalue weighted by atomic mass is 9.79. The number of nitrogens with zero attached hydrogens (tertiary/aromatic N) is 1. The summed E-state index contributed by atoms with van der Waals surface area (Å²) >= 11 is 0. The number of rotatable bonds is 9. The fourth-order valence-electron chi connectivity index (χ4n) is 6.06. The van der Waals surface area contributed by atoms with Crippen molar-refractivity contribution < 1.29 is 28.2 Å². The maximum atomic E-state index is 12.6. The number of methoxy groups -OCH3 is 1. The molecule has 2 aromatic carbocycles. The molecule has 3 aromatic rings. The van der Waals surface area contributed by atoms with Crippen molar-refractivity contribution in [2.45, 2.75) is 103 Å². The standard InChI is InChI=1S/C35H45N3O6/c1-34(2,3)44-33(40)36-20-10-5-7-11-31(39)37-38-32-22-27(24-12-14-26(41-4)15-13-24)28-21-25-16-19-35(17-8-6-9-18-35)43-29(25)23-30(28)42-32/h12-15,21-23H,5-11,16-20H2,1-4H3,(H,36,40)(H,37,39)/b38-32-. The molecule has 1 aliphatic heterocycles. The van der Waals surface area contributed by atoms with Gasteiger partial charge in [0.15, 0.2) is 0 Å². The second-order valence-corrected chi connectivity index (χ2v) is 12.9. The summed E-state index contributed by atoms with van der Waals surface area (Å²) in [4.78, 5) is 24.4. The smallest absolute Gasteiger partial charge is 0.407 e. The van der Waals surface area contributed by atoms with Crippen molar-refractivity contribution in [3.05, 3.63) is 53.6 Å². The van der Waals surface area contributed by atoms with Crippen molar-refractivity contribution in [3.63, 3.8) is 0 Å². The average Bonchev–Trinajstić information content (AvgIpc) is 3.00. The number of ether oxygens (including phenoxy) is 3. The van der Waals surface area contributed by atoms with Gasteiger partial charge in [0, 0.05) is 30.5 Å². The van der Waals surface area contributed by atoms with E-state index in [-0.39, 0.29) is 11.5 Å². The van der Waals surface area contributed by atoms with Crippen LogP contribution < -0.4 is 25.8 Å². The maximum absolute atomic E-state index is 12.6. The Hall–Kier alpha value is -4.01. The number of aryl methyl sites for hydroxylation is 1. The number of nitrogens with one attached hydrogen (secondary N) is 2. The van der Waals surface area contributed by atoms with E-state index in [1.54, 1.807) is 7.11 Å². The van der Waals surface area contributed by atoms with Crippen molar-refractivity contribution in [1.82, 2.24) is 10.7 Å². The first kappa shape index (κ1) is 31.4. The molecule has 1 spiro atoms. The quantitative estimate of drug-likeness (QED) is 0.198. The summed E-state index contributed by atoms with van der Waals surface area (Å²) in [5.41, 5.74) is 6.18. The molecular weight excluding hydrogens is 558 g/mol. The summed E-state index contributed by atoms with van der Waals surface area (Å²) in [6.07, 6.45) is 10.0. The molecule has 44 heavy (non-hydrogen) atoms. The molecule has 2 heterocycles. The van der Waals surface area contributed by atoms with Gasteiger partial charge in [0.1, 0.15) is 28.3 Å². The predicted octanol–water partition coefficient (Wildman–Crippen LogP) is 7.15. The van der Waals surface area contributed by atoms with Crippen molar-refractivity contribution in [2.24, 2.45) is 5.10 Å². The highest BCUT2D eigenvalue weighted by Crippen LogP contribution is 2.44. The third-order valence-corrected chi connectivity index (χ3v) is 8.32. The summed E-state index contributed by atoms with van der Waals surface area (Å²) in [5, 5.41) is 8.05. The Labute approximate surface area is 259 Å². The minimum absolute atomic E-state index is 0.0699. The molecule has 0 saturated heterocycles. The summed E-state index contributed by atoms with van der Waals surface area (Å²) in [6, 6.07) is 13.9. The van der Waals surface area contributed by atoms with Gasteiger partial charge in [-0.05, 0) is 107 Å². The average molecular weight is 604 g/mol. The van der Waals surface area contributed by atoms with Crippen LogP contribution in [0.4, 0.5) is 4.79 Å². The first-order chi connectivity index (χ1) is 21.1.